The van der Waals surface area contributed by atoms with Crippen molar-refractivity contribution in [2.75, 3.05) is 32.7 Å². The molecule has 1 aliphatic heterocycles. The summed E-state index contributed by atoms with van der Waals surface area (Å²) in [7, 11) is 0. The van der Waals surface area contributed by atoms with E-state index in [0.29, 0.717) is 24.3 Å². The third-order valence-electron chi connectivity index (χ3n) is 4.54. The Balaban J connectivity index is 0.00000392. The molecule has 1 atom stereocenters. The number of benzene rings is 1. The van der Waals surface area contributed by atoms with Crippen molar-refractivity contribution < 1.29 is 9.13 Å². The topological polar surface area (TPSA) is 48.9 Å². The van der Waals surface area contributed by atoms with E-state index < -0.39 is 0 Å². The number of piperidine rings is 1. The van der Waals surface area contributed by atoms with Gasteiger partial charge in [-0.05, 0) is 44.7 Å². The predicted molar refractivity (Wildman–Crippen MR) is 125 cm³/mol. The second kappa shape index (κ2) is 13.2. The Bertz CT molecular complexity index is 592. The highest BCUT2D eigenvalue weighted by molar-refractivity contribution is 14.0. The molecule has 7 heteroatoms. The fourth-order valence-corrected chi connectivity index (χ4v) is 3.32. The maximum Gasteiger partial charge on any atom is 0.191 e. The van der Waals surface area contributed by atoms with E-state index in [4.69, 9.17) is 4.74 Å². The molecule has 1 aromatic carbocycles. The number of halogens is 2. The maximum absolute atomic E-state index is 13.3. The van der Waals surface area contributed by atoms with Crippen LogP contribution in [0.4, 0.5) is 4.39 Å². The molecule has 0 spiro atoms. The minimum Gasteiger partial charge on any atom is -0.489 e. The van der Waals surface area contributed by atoms with Gasteiger partial charge in [-0.25, -0.2) is 9.38 Å². The van der Waals surface area contributed by atoms with Gasteiger partial charge in [0.25, 0.3) is 0 Å². The average molecular weight is 506 g/mol. The molecule has 1 unspecified atom stereocenters. The van der Waals surface area contributed by atoms with E-state index in [0.717, 1.165) is 38.4 Å². The molecule has 1 aromatic rings. The first-order valence-electron chi connectivity index (χ1n) is 10.2. The van der Waals surface area contributed by atoms with Crippen LogP contribution < -0.4 is 15.4 Å². The number of aliphatic imine (C=N–C) groups is 1. The molecular weight excluding hydrogens is 470 g/mol. The molecule has 0 aliphatic carbocycles. The Morgan fingerprint density at radius 2 is 2.00 bits per heavy atom. The summed E-state index contributed by atoms with van der Waals surface area (Å²) in [6.07, 6.45) is 2.13. The van der Waals surface area contributed by atoms with E-state index in [1.165, 1.54) is 18.7 Å². The van der Waals surface area contributed by atoms with E-state index in [1.54, 1.807) is 12.1 Å². The summed E-state index contributed by atoms with van der Waals surface area (Å²) in [5, 5.41) is 6.87. The van der Waals surface area contributed by atoms with Gasteiger partial charge in [-0.3, -0.25) is 0 Å². The van der Waals surface area contributed by atoms with Gasteiger partial charge in [0, 0.05) is 38.3 Å². The van der Waals surface area contributed by atoms with Crippen LogP contribution in [0.3, 0.4) is 0 Å². The zero-order chi connectivity index (χ0) is 19.6. The molecule has 0 bridgehead atoms. The third kappa shape index (κ3) is 9.41. The zero-order valence-corrected chi connectivity index (χ0v) is 19.9. The van der Waals surface area contributed by atoms with Crippen molar-refractivity contribution in [1.29, 1.82) is 0 Å². The van der Waals surface area contributed by atoms with Gasteiger partial charge in [-0.15, -0.1) is 24.0 Å². The molecule has 0 saturated carbocycles. The molecule has 160 valence electrons. The lowest BCUT2D eigenvalue weighted by atomic mass is 10.0. The lowest BCUT2D eigenvalue weighted by molar-refractivity contribution is 0.186. The molecular formula is C21H36FIN4O. The van der Waals surface area contributed by atoms with Gasteiger partial charge in [-0.1, -0.05) is 19.9 Å². The summed E-state index contributed by atoms with van der Waals surface area (Å²) in [4.78, 5) is 7.20. The maximum atomic E-state index is 13.3. The Hall–Kier alpha value is -1.09. The van der Waals surface area contributed by atoms with Gasteiger partial charge in [0.2, 0.25) is 0 Å². The van der Waals surface area contributed by atoms with Gasteiger partial charge >= 0.3 is 0 Å². The van der Waals surface area contributed by atoms with Crippen molar-refractivity contribution in [2.45, 2.75) is 52.7 Å². The van der Waals surface area contributed by atoms with Crippen LogP contribution in [0.1, 0.15) is 40.5 Å². The average Bonchev–Trinajstić information content (AvgIpc) is 2.61. The summed E-state index contributed by atoms with van der Waals surface area (Å²) in [6, 6.07) is 6.67. The number of guanidine groups is 1. The van der Waals surface area contributed by atoms with Crippen LogP contribution in [0, 0.1) is 11.7 Å². The van der Waals surface area contributed by atoms with Gasteiger partial charge < -0.3 is 20.3 Å². The standard InChI is InChI=1S/C21H35FN4O.HI/c1-5-23-21(25-19-9-11-26(12-10-19)15-16(2)3)24-14-17(4)27-20-8-6-7-18(22)13-20;/h6-8,13,16-17,19H,5,9-12,14-15H2,1-4H3,(H2,23,24,25);1H. The molecule has 1 fully saturated rings. The zero-order valence-electron chi connectivity index (χ0n) is 17.6. The largest absolute Gasteiger partial charge is 0.489 e. The summed E-state index contributed by atoms with van der Waals surface area (Å²) < 4.78 is 19.0. The Labute approximate surface area is 186 Å². The molecule has 1 aliphatic rings. The van der Waals surface area contributed by atoms with E-state index >= 15 is 0 Å². The fourth-order valence-electron chi connectivity index (χ4n) is 3.32. The molecule has 0 aromatic heterocycles. The minimum absolute atomic E-state index is 0. The molecule has 2 rings (SSSR count). The number of nitrogens with zero attached hydrogens (tertiary/aromatic N) is 2. The first-order valence-corrected chi connectivity index (χ1v) is 10.2. The Morgan fingerprint density at radius 1 is 1.29 bits per heavy atom. The van der Waals surface area contributed by atoms with Crippen LogP contribution in [0.25, 0.3) is 0 Å². The summed E-state index contributed by atoms with van der Waals surface area (Å²) in [6.45, 7) is 13.3. The lowest BCUT2D eigenvalue weighted by Crippen LogP contribution is -2.49. The Kier molecular flexibility index (Phi) is 11.8. The fraction of sp³-hybridized carbons (Fsp3) is 0.667. The smallest absolute Gasteiger partial charge is 0.191 e. The van der Waals surface area contributed by atoms with Gasteiger partial charge in [-0.2, -0.15) is 0 Å². The van der Waals surface area contributed by atoms with E-state index in [1.807, 2.05) is 6.92 Å². The van der Waals surface area contributed by atoms with Crippen molar-refractivity contribution >= 4 is 29.9 Å². The van der Waals surface area contributed by atoms with Crippen molar-refractivity contribution in [1.82, 2.24) is 15.5 Å². The number of hydrogen-bond donors (Lipinski definition) is 2. The highest BCUT2D eigenvalue weighted by atomic mass is 127. The van der Waals surface area contributed by atoms with Crippen molar-refractivity contribution in [3.63, 3.8) is 0 Å². The van der Waals surface area contributed by atoms with Crippen molar-refractivity contribution in [2.24, 2.45) is 10.9 Å². The van der Waals surface area contributed by atoms with E-state index in [-0.39, 0.29) is 35.9 Å². The number of likely N-dealkylation sites (tertiary alicyclic amines) is 1. The second-order valence-electron chi connectivity index (χ2n) is 7.72. The summed E-state index contributed by atoms with van der Waals surface area (Å²) in [5.74, 6) is 1.79. The lowest BCUT2D eigenvalue weighted by Gasteiger charge is -2.34. The van der Waals surface area contributed by atoms with E-state index in [2.05, 4.69) is 41.3 Å². The predicted octanol–water partition coefficient (Wildman–Crippen LogP) is 3.89. The van der Waals surface area contributed by atoms with Crippen LogP contribution in [0.15, 0.2) is 29.3 Å². The summed E-state index contributed by atoms with van der Waals surface area (Å²) >= 11 is 0. The van der Waals surface area contributed by atoms with Crippen molar-refractivity contribution in [3.8, 4) is 5.75 Å². The molecule has 0 radical (unpaired) electrons. The van der Waals surface area contributed by atoms with Gasteiger partial charge in [0.1, 0.15) is 17.7 Å². The molecule has 0 amide bonds. The quantitative estimate of drug-likeness (QED) is 0.319. The molecule has 1 saturated heterocycles. The van der Waals surface area contributed by atoms with Crippen LogP contribution in [0.5, 0.6) is 5.75 Å². The van der Waals surface area contributed by atoms with Gasteiger partial charge in [0.05, 0.1) is 6.54 Å². The number of nitrogens with one attached hydrogen (secondary N) is 2. The summed E-state index contributed by atoms with van der Waals surface area (Å²) in [5.41, 5.74) is 0. The van der Waals surface area contributed by atoms with Gasteiger partial charge in [0.15, 0.2) is 5.96 Å². The Morgan fingerprint density at radius 3 is 2.61 bits per heavy atom. The minimum atomic E-state index is -0.290. The monoisotopic (exact) mass is 506 g/mol. The van der Waals surface area contributed by atoms with E-state index in [9.17, 15) is 4.39 Å². The second-order valence-corrected chi connectivity index (χ2v) is 7.72. The van der Waals surface area contributed by atoms with Crippen LogP contribution in [-0.4, -0.2) is 55.7 Å². The number of rotatable bonds is 8. The number of ether oxygens (including phenoxy) is 1. The number of hydrogen-bond acceptors (Lipinski definition) is 3. The van der Waals surface area contributed by atoms with Crippen LogP contribution >= 0.6 is 24.0 Å². The molecule has 28 heavy (non-hydrogen) atoms. The first-order chi connectivity index (χ1) is 13.0. The highest BCUT2D eigenvalue weighted by Gasteiger charge is 2.20. The molecule has 5 nitrogen and oxygen atoms in total. The highest BCUT2D eigenvalue weighted by Crippen LogP contribution is 2.14. The molecule has 1 heterocycles. The van der Waals surface area contributed by atoms with Crippen molar-refractivity contribution in [3.05, 3.63) is 30.1 Å². The van der Waals surface area contributed by atoms with Crippen LogP contribution in [-0.2, 0) is 0 Å². The van der Waals surface area contributed by atoms with Crippen LogP contribution in [0.2, 0.25) is 0 Å². The molecule has 2 N–H and O–H groups in total. The first kappa shape index (κ1) is 24.9. The normalized spacial score (nSPS) is 17.1. The third-order valence-corrected chi connectivity index (χ3v) is 4.54. The SMILES string of the molecule is CCNC(=NCC(C)Oc1cccc(F)c1)NC1CCN(CC(C)C)CC1.I.